The van der Waals surface area contributed by atoms with E-state index in [4.69, 9.17) is 4.74 Å². The number of likely N-dealkylation sites (tertiary alicyclic amines) is 1. The lowest BCUT2D eigenvalue weighted by molar-refractivity contribution is -0.173. The quantitative estimate of drug-likeness (QED) is 0.502. The van der Waals surface area contributed by atoms with Gasteiger partial charge in [-0.05, 0) is 56.2 Å². The average Bonchev–Trinajstić information content (AvgIpc) is 3.53. The Kier molecular flexibility index (Phi) is 5.09. The number of piperidine rings is 1. The zero-order chi connectivity index (χ0) is 23.8. The minimum atomic E-state index is -5.99. The van der Waals surface area contributed by atoms with E-state index in [1.165, 1.54) is 13.2 Å². The van der Waals surface area contributed by atoms with Gasteiger partial charge < -0.3 is 14.0 Å². The van der Waals surface area contributed by atoms with Gasteiger partial charge in [-0.15, -0.1) is 0 Å². The molecule has 3 fully saturated rings. The first kappa shape index (κ1) is 22.9. The molecule has 2 bridgehead atoms. The first-order chi connectivity index (χ1) is 15.4. The second-order valence-corrected chi connectivity index (χ2v) is 11.3. The molecule has 1 N–H and O–H groups in total. The van der Waals surface area contributed by atoms with E-state index in [-0.39, 0.29) is 42.4 Å². The van der Waals surface area contributed by atoms with Crippen LogP contribution >= 0.6 is 0 Å². The standard InChI is InChI=1S/C22H26F3NO6S/c1-31-16-5-4-14-10-17-21(28)7-6-15(27)11-20(21,8-9-26(17)12-13-2-3-13)18(14)19(16)32-33(29,30)22(23,24)25/h4-5,13,17,28H,2-3,6-12H2,1H3/t17?,20-,21-/m1/s1. The summed E-state index contributed by atoms with van der Waals surface area (Å²) in [7, 11) is -4.79. The molecule has 0 amide bonds. The summed E-state index contributed by atoms with van der Waals surface area (Å²) in [6.45, 7) is 1.38. The van der Waals surface area contributed by atoms with Gasteiger partial charge >= 0.3 is 15.6 Å². The molecule has 0 aromatic heterocycles. The number of carbonyl (C=O) groups excluding carboxylic acids is 1. The van der Waals surface area contributed by atoms with Crippen LogP contribution in [0.4, 0.5) is 13.2 Å². The molecule has 4 aliphatic rings. The molecule has 3 atom stereocenters. The van der Waals surface area contributed by atoms with Crippen LogP contribution in [0.3, 0.4) is 0 Å². The Balaban J connectivity index is 1.70. The minimum absolute atomic E-state index is 0.0835. The molecule has 1 aromatic rings. The van der Waals surface area contributed by atoms with Crippen LogP contribution in [0.2, 0.25) is 0 Å². The first-order valence-electron chi connectivity index (χ1n) is 11.1. The predicted molar refractivity (Wildman–Crippen MR) is 110 cm³/mol. The number of aliphatic hydroxyl groups is 1. The van der Waals surface area contributed by atoms with Gasteiger partial charge in [0.05, 0.1) is 12.7 Å². The van der Waals surface area contributed by atoms with Gasteiger partial charge in [-0.2, -0.15) is 21.6 Å². The zero-order valence-electron chi connectivity index (χ0n) is 18.2. The van der Waals surface area contributed by atoms with Crippen LogP contribution in [0.25, 0.3) is 0 Å². The van der Waals surface area contributed by atoms with Crippen LogP contribution in [-0.2, 0) is 26.7 Å². The highest BCUT2D eigenvalue weighted by Crippen LogP contribution is 2.61. The first-order valence-corrected chi connectivity index (χ1v) is 12.5. The Morgan fingerprint density at radius 2 is 1.97 bits per heavy atom. The molecule has 1 saturated heterocycles. The number of hydrogen-bond acceptors (Lipinski definition) is 7. The maximum absolute atomic E-state index is 13.2. The summed E-state index contributed by atoms with van der Waals surface area (Å²) in [6.07, 6.45) is 3.14. The second-order valence-electron chi connectivity index (χ2n) is 9.74. The van der Waals surface area contributed by atoms with Crippen molar-refractivity contribution in [3.8, 4) is 11.5 Å². The van der Waals surface area contributed by atoms with Gasteiger partial charge in [0.15, 0.2) is 11.5 Å². The Morgan fingerprint density at radius 1 is 1.24 bits per heavy atom. The molecule has 182 valence electrons. The van der Waals surface area contributed by atoms with Crippen LogP contribution in [0.1, 0.15) is 49.7 Å². The molecule has 1 heterocycles. The number of ketones is 1. The van der Waals surface area contributed by atoms with Crippen LogP contribution in [0.15, 0.2) is 12.1 Å². The van der Waals surface area contributed by atoms with Crippen LogP contribution in [0.5, 0.6) is 11.5 Å². The van der Waals surface area contributed by atoms with Gasteiger partial charge in [-0.1, -0.05) is 6.07 Å². The monoisotopic (exact) mass is 489 g/mol. The Hall–Kier alpha value is -1.85. The molecular formula is C22H26F3NO6S. The average molecular weight is 490 g/mol. The number of methoxy groups -OCH3 is 1. The molecule has 7 nitrogen and oxygen atoms in total. The highest BCUT2D eigenvalue weighted by atomic mass is 32.2. The van der Waals surface area contributed by atoms with E-state index >= 15 is 0 Å². The van der Waals surface area contributed by atoms with E-state index in [0.717, 1.165) is 19.4 Å². The van der Waals surface area contributed by atoms with Crippen molar-refractivity contribution >= 4 is 15.9 Å². The van der Waals surface area contributed by atoms with E-state index in [9.17, 15) is 31.5 Å². The lowest BCUT2D eigenvalue weighted by Crippen LogP contribution is -2.73. The topological polar surface area (TPSA) is 93.1 Å². The van der Waals surface area contributed by atoms with Crippen molar-refractivity contribution in [2.24, 2.45) is 5.92 Å². The number of alkyl halides is 3. The van der Waals surface area contributed by atoms with E-state index in [1.54, 1.807) is 6.07 Å². The number of hydrogen-bond donors (Lipinski definition) is 1. The Labute approximate surface area is 190 Å². The number of ether oxygens (including phenoxy) is 1. The van der Waals surface area contributed by atoms with Gasteiger partial charge in [0.2, 0.25) is 0 Å². The molecule has 0 spiro atoms. The van der Waals surface area contributed by atoms with E-state index in [2.05, 4.69) is 9.08 Å². The maximum Gasteiger partial charge on any atom is 0.534 e. The fraction of sp³-hybridized carbons (Fsp3) is 0.682. The number of Topliss-reactive ketones (excluding diaryl/α,β-unsaturated/α-hetero) is 1. The third-order valence-electron chi connectivity index (χ3n) is 7.92. The van der Waals surface area contributed by atoms with Crippen molar-refractivity contribution in [1.29, 1.82) is 0 Å². The summed E-state index contributed by atoms with van der Waals surface area (Å²) >= 11 is 0. The lowest BCUT2D eigenvalue weighted by atomic mass is 9.49. The molecule has 0 radical (unpaired) electrons. The van der Waals surface area contributed by atoms with E-state index in [1.807, 2.05) is 0 Å². The fourth-order valence-electron chi connectivity index (χ4n) is 6.22. The third-order valence-corrected chi connectivity index (χ3v) is 8.87. The van der Waals surface area contributed by atoms with Gasteiger partial charge in [0.25, 0.3) is 0 Å². The molecule has 1 unspecified atom stereocenters. The van der Waals surface area contributed by atoms with Crippen LogP contribution in [-0.4, -0.2) is 61.6 Å². The Morgan fingerprint density at radius 3 is 2.61 bits per heavy atom. The summed E-state index contributed by atoms with van der Waals surface area (Å²) in [5, 5.41) is 12.1. The third kappa shape index (κ3) is 3.37. The fourth-order valence-corrected chi connectivity index (χ4v) is 6.70. The minimum Gasteiger partial charge on any atom is -0.493 e. The van der Waals surface area contributed by atoms with Crippen molar-refractivity contribution in [3.63, 3.8) is 0 Å². The van der Waals surface area contributed by atoms with Gasteiger partial charge in [-0.3, -0.25) is 9.69 Å². The van der Waals surface area contributed by atoms with Crippen molar-refractivity contribution in [2.45, 2.75) is 67.5 Å². The molecule has 3 aliphatic carbocycles. The van der Waals surface area contributed by atoms with E-state index in [0.29, 0.717) is 30.9 Å². The zero-order valence-corrected chi connectivity index (χ0v) is 19.0. The predicted octanol–water partition coefficient (Wildman–Crippen LogP) is 2.69. The van der Waals surface area contributed by atoms with Gasteiger partial charge in [0.1, 0.15) is 5.78 Å². The van der Waals surface area contributed by atoms with Gasteiger partial charge in [-0.25, -0.2) is 0 Å². The molecule has 5 rings (SSSR count). The van der Waals surface area contributed by atoms with Gasteiger partial charge in [0, 0.05) is 36.4 Å². The number of nitrogens with zero attached hydrogens (tertiary/aromatic N) is 1. The highest BCUT2D eigenvalue weighted by Gasteiger charge is 2.66. The maximum atomic E-state index is 13.2. The molecule has 2 saturated carbocycles. The molecule has 1 aromatic carbocycles. The summed E-state index contributed by atoms with van der Waals surface area (Å²) in [5.74, 6) is -0.307. The highest BCUT2D eigenvalue weighted by molar-refractivity contribution is 7.88. The van der Waals surface area contributed by atoms with E-state index < -0.39 is 32.4 Å². The molecule has 1 aliphatic heterocycles. The summed E-state index contributed by atoms with van der Waals surface area (Å²) in [5.41, 5.74) is -7.54. The molecule has 33 heavy (non-hydrogen) atoms. The SMILES string of the molecule is COc1ccc2c(c1OS(=O)(=O)C(F)(F)F)[C@]13CCN(CC4CC4)C(C2)[C@]1(O)CCC(=O)C3. The number of carbonyl (C=O) groups is 1. The summed E-state index contributed by atoms with van der Waals surface area (Å²) in [6, 6.07) is 2.75. The molecule has 11 heteroatoms. The molecular weight excluding hydrogens is 463 g/mol. The van der Waals surface area contributed by atoms with Crippen LogP contribution < -0.4 is 8.92 Å². The summed E-state index contributed by atoms with van der Waals surface area (Å²) < 4.78 is 73.5. The number of rotatable bonds is 5. The second kappa shape index (κ2) is 7.32. The summed E-state index contributed by atoms with van der Waals surface area (Å²) in [4.78, 5) is 14.9. The lowest BCUT2D eigenvalue weighted by Gasteiger charge is -2.63. The normalized spacial score (nSPS) is 32.2. The smallest absolute Gasteiger partial charge is 0.493 e. The largest absolute Gasteiger partial charge is 0.534 e. The Bertz CT molecular complexity index is 1100. The van der Waals surface area contributed by atoms with Crippen molar-refractivity contribution in [2.75, 3.05) is 20.2 Å². The van der Waals surface area contributed by atoms with Crippen molar-refractivity contribution < 1.29 is 40.4 Å². The van der Waals surface area contributed by atoms with Crippen molar-refractivity contribution in [3.05, 3.63) is 23.3 Å². The number of fused-ring (bicyclic) bond motifs is 1. The number of halogens is 3. The van der Waals surface area contributed by atoms with Crippen molar-refractivity contribution in [1.82, 2.24) is 4.90 Å². The van der Waals surface area contributed by atoms with Crippen LogP contribution in [0, 0.1) is 5.92 Å². The number of benzene rings is 1.